The van der Waals surface area contributed by atoms with Crippen molar-refractivity contribution in [3.05, 3.63) is 29.6 Å². The molecule has 0 saturated carbocycles. The molecule has 0 aliphatic carbocycles. The smallest absolute Gasteiger partial charge is 0.387 e. The van der Waals surface area contributed by atoms with E-state index in [0.717, 1.165) is 0 Å². The van der Waals surface area contributed by atoms with Crippen LogP contribution in [-0.4, -0.2) is 6.61 Å². The Morgan fingerprint density at radius 3 is 2.64 bits per heavy atom. The first-order valence-electron chi connectivity index (χ1n) is 4.37. The molecule has 14 heavy (non-hydrogen) atoms. The highest BCUT2D eigenvalue weighted by molar-refractivity contribution is 5.34. The highest BCUT2D eigenvalue weighted by Crippen LogP contribution is 2.24. The van der Waals surface area contributed by atoms with Crippen LogP contribution < -0.4 is 4.74 Å². The minimum absolute atomic E-state index is 0.0677. The van der Waals surface area contributed by atoms with Crippen LogP contribution in [0.1, 0.15) is 18.9 Å². The van der Waals surface area contributed by atoms with Crippen LogP contribution >= 0.6 is 0 Å². The van der Waals surface area contributed by atoms with Gasteiger partial charge in [-0.3, -0.25) is 0 Å². The fourth-order valence-corrected chi connectivity index (χ4v) is 1.24. The molecule has 0 fully saturated rings. The van der Waals surface area contributed by atoms with Gasteiger partial charge in [0, 0.05) is 5.56 Å². The summed E-state index contributed by atoms with van der Waals surface area (Å²) in [6.45, 7) is -1.06. The van der Waals surface area contributed by atoms with Gasteiger partial charge in [0.1, 0.15) is 11.6 Å². The van der Waals surface area contributed by atoms with Crippen LogP contribution in [0.2, 0.25) is 0 Å². The monoisotopic (exact) mass is 204 g/mol. The highest BCUT2D eigenvalue weighted by atomic mass is 19.3. The van der Waals surface area contributed by atoms with Crippen LogP contribution in [0, 0.1) is 5.82 Å². The first kappa shape index (κ1) is 10.9. The number of ether oxygens (including phenoxy) is 1. The van der Waals surface area contributed by atoms with E-state index in [1.165, 1.54) is 18.2 Å². The summed E-state index contributed by atoms with van der Waals surface area (Å²) in [5.74, 6) is -0.563. The maximum absolute atomic E-state index is 13.2. The van der Waals surface area contributed by atoms with E-state index >= 15 is 0 Å². The van der Waals surface area contributed by atoms with Gasteiger partial charge in [-0.15, -0.1) is 0 Å². The third-order valence-electron chi connectivity index (χ3n) is 1.79. The molecule has 0 saturated heterocycles. The largest absolute Gasteiger partial charge is 0.434 e. The second-order valence-electron chi connectivity index (χ2n) is 2.85. The Morgan fingerprint density at radius 1 is 1.36 bits per heavy atom. The molecule has 1 aromatic rings. The molecule has 0 spiro atoms. The molecule has 1 aromatic carbocycles. The lowest BCUT2D eigenvalue weighted by atomic mass is 10.1. The van der Waals surface area contributed by atoms with Crippen molar-refractivity contribution < 1.29 is 17.9 Å². The Kier molecular flexibility index (Phi) is 3.80. The molecule has 0 unspecified atom stereocenters. The van der Waals surface area contributed by atoms with Gasteiger partial charge in [0.25, 0.3) is 0 Å². The third kappa shape index (κ3) is 2.65. The predicted octanol–water partition coefficient (Wildman–Crippen LogP) is 3.38. The van der Waals surface area contributed by atoms with Crippen molar-refractivity contribution in [2.75, 3.05) is 0 Å². The lowest BCUT2D eigenvalue weighted by Gasteiger charge is -2.10. The average Bonchev–Trinajstić information content (AvgIpc) is 2.10. The quantitative estimate of drug-likeness (QED) is 0.730. The number of halogens is 3. The molecule has 0 bridgehead atoms. The van der Waals surface area contributed by atoms with Crippen molar-refractivity contribution in [1.29, 1.82) is 0 Å². The number of hydrogen-bond acceptors (Lipinski definition) is 1. The van der Waals surface area contributed by atoms with E-state index in [9.17, 15) is 13.2 Å². The Bertz CT molecular complexity index is 299. The van der Waals surface area contributed by atoms with Crippen LogP contribution in [0.25, 0.3) is 0 Å². The summed E-state index contributed by atoms with van der Waals surface area (Å²) in [5, 5.41) is 0. The molecule has 1 rings (SSSR count). The first-order chi connectivity index (χ1) is 6.65. The SMILES string of the molecule is CCCc1c(F)cccc1OC(F)F. The molecule has 4 heteroatoms. The highest BCUT2D eigenvalue weighted by Gasteiger charge is 2.12. The van der Waals surface area contributed by atoms with E-state index in [2.05, 4.69) is 4.74 Å². The molecule has 78 valence electrons. The van der Waals surface area contributed by atoms with Gasteiger partial charge in [0.2, 0.25) is 0 Å². The van der Waals surface area contributed by atoms with Crippen LogP contribution in [0.4, 0.5) is 13.2 Å². The van der Waals surface area contributed by atoms with Gasteiger partial charge in [0.05, 0.1) is 0 Å². The normalized spacial score (nSPS) is 10.6. The van der Waals surface area contributed by atoms with Crippen LogP contribution in [0.5, 0.6) is 5.75 Å². The predicted molar refractivity (Wildman–Crippen MR) is 47.0 cm³/mol. The minimum Gasteiger partial charge on any atom is -0.434 e. The minimum atomic E-state index is -2.91. The van der Waals surface area contributed by atoms with E-state index in [1.807, 2.05) is 6.92 Å². The second kappa shape index (κ2) is 4.88. The Labute approximate surface area is 80.5 Å². The molecule has 0 aliphatic rings. The molecule has 0 radical (unpaired) electrons. The second-order valence-corrected chi connectivity index (χ2v) is 2.85. The van der Waals surface area contributed by atoms with Gasteiger partial charge in [-0.2, -0.15) is 8.78 Å². The molecule has 0 aromatic heterocycles. The number of rotatable bonds is 4. The molecule has 1 nitrogen and oxygen atoms in total. The maximum atomic E-state index is 13.2. The lowest BCUT2D eigenvalue weighted by molar-refractivity contribution is -0.0506. The summed E-state index contributed by atoms with van der Waals surface area (Å²) < 4.78 is 41.2. The Morgan fingerprint density at radius 2 is 2.07 bits per heavy atom. The molecule has 0 amide bonds. The van der Waals surface area contributed by atoms with E-state index in [4.69, 9.17) is 0 Å². The first-order valence-corrected chi connectivity index (χ1v) is 4.37. The van der Waals surface area contributed by atoms with Crippen molar-refractivity contribution in [2.45, 2.75) is 26.4 Å². The standard InChI is InChI=1S/C10H11F3O/c1-2-4-7-8(11)5-3-6-9(7)14-10(12)13/h3,5-6,10H,2,4H2,1H3. The van der Waals surface area contributed by atoms with Crippen LogP contribution in [0.3, 0.4) is 0 Å². The third-order valence-corrected chi connectivity index (χ3v) is 1.79. The molecule has 0 atom stereocenters. The van der Waals surface area contributed by atoms with Crippen LogP contribution in [-0.2, 0) is 6.42 Å². The number of alkyl halides is 2. The van der Waals surface area contributed by atoms with Crippen molar-refractivity contribution in [3.63, 3.8) is 0 Å². The summed E-state index contributed by atoms with van der Waals surface area (Å²) in [6, 6.07) is 3.94. The van der Waals surface area contributed by atoms with Crippen molar-refractivity contribution in [1.82, 2.24) is 0 Å². The van der Waals surface area contributed by atoms with Crippen molar-refractivity contribution >= 4 is 0 Å². The van der Waals surface area contributed by atoms with Gasteiger partial charge in [-0.1, -0.05) is 19.4 Å². The van der Waals surface area contributed by atoms with Gasteiger partial charge in [-0.05, 0) is 18.6 Å². The zero-order valence-electron chi connectivity index (χ0n) is 7.77. The Balaban J connectivity index is 2.95. The van der Waals surface area contributed by atoms with E-state index in [1.54, 1.807) is 0 Å². The molecular weight excluding hydrogens is 193 g/mol. The van der Waals surface area contributed by atoms with Gasteiger partial charge >= 0.3 is 6.61 Å². The van der Waals surface area contributed by atoms with Gasteiger partial charge < -0.3 is 4.74 Å². The van der Waals surface area contributed by atoms with E-state index in [-0.39, 0.29) is 11.3 Å². The Hall–Kier alpha value is -1.19. The van der Waals surface area contributed by atoms with Crippen LogP contribution in [0.15, 0.2) is 18.2 Å². The summed E-state index contributed by atoms with van der Waals surface area (Å²) in [4.78, 5) is 0. The average molecular weight is 204 g/mol. The fourth-order valence-electron chi connectivity index (χ4n) is 1.24. The topological polar surface area (TPSA) is 9.23 Å². The van der Waals surface area contributed by atoms with E-state index < -0.39 is 12.4 Å². The summed E-state index contributed by atoms with van der Waals surface area (Å²) in [7, 11) is 0. The fraction of sp³-hybridized carbons (Fsp3) is 0.400. The number of hydrogen-bond donors (Lipinski definition) is 0. The molecular formula is C10H11F3O. The maximum Gasteiger partial charge on any atom is 0.387 e. The number of benzene rings is 1. The summed E-state index contributed by atoms with van der Waals surface area (Å²) in [6.07, 6.45) is 1.08. The van der Waals surface area contributed by atoms with Gasteiger partial charge in [0.15, 0.2) is 0 Å². The summed E-state index contributed by atoms with van der Waals surface area (Å²) >= 11 is 0. The lowest BCUT2D eigenvalue weighted by Crippen LogP contribution is -2.05. The zero-order valence-corrected chi connectivity index (χ0v) is 7.77. The van der Waals surface area contributed by atoms with Crippen molar-refractivity contribution in [2.24, 2.45) is 0 Å². The summed E-state index contributed by atoms with van der Waals surface area (Å²) in [5.41, 5.74) is 0.218. The van der Waals surface area contributed by atoms with Gasteiger partial charge in [-0.25, -0.2) is 4.39 Å². The molecule has 0 aliphatic heterocycles. The molecule has 0 N–H and O–H groups in total. The van der Waals surface area contributed by atoms with Crippen molar-refractivity contribution in [3.8, 4) is 5.75 Å². The van der Waals surface area contributed by atoms with E-state index in [0.29, 0.717) is 12.8 Å². The molecule has 0 heterocycles. The zero-order chi connectivity index (χ0) is 10.6.